The van der Waals surface area contributed by atoms with Crippen molar-refractivity contribution < 1.29 is 14.0 Å². The number of rotatable bonds is 5. The molecule has 0 aliphatic carbocycles. The smallest absolute Gasteiger partial charge is 0.263 e. The lowest BCUT2D eigenvalue weighted by molar-refractivity contribution is -0.117. The number of carbonyl (C=O) groups is 2. The zero-order chi connectivity index (χ0) is 18.8. The van der Waals surface area contributed by atoms with Gasteiger partial charge in [0.1, 0.15) is 4.88 Å². The second-order valence-corrected chi connectivity index (χ2v) is 7.47. The molecule has 4 rings (SSSR count). The van der Waals surface area contributed by atoms with Crippen LogP contribution in [0.5, 0.6) is 0 Å². The van der Waals surface area contributed by atoms with Crippen LogP contribution in [0.4, 0.5) is 5.69 Å². The van der Waals surface area contributed by atoms with E-state index in [2.05, 4.69) is 10.3 Å². The topological polar surface area (TPSA) is 75.4 Å². The second-order valence-electron chi connectivity index (χ2n) is 6.44. The highest BCUT2D eigenvalue weighted by Crippen LogP contribution is 2.27. The van der Waals surface area contributed by atoms with Gasteiger partial charge in [-0.15, -0.1) is 11.3 Å². The van der Waals surface area contributed by atoms with Gasteiger partial charge in [0.25, 0.3) is 5.91 Å². The van der Waals surface area contributed by atoms with E-state index in [0.717, 1.165) is 24.2 Å². The molecule has 1 N–H and O–H groups in total. The number of furan rings is 1. The second kappa shape index (κ2) is 7.36. The van der Waals surface area contributed by atoms with Crippen LogP contribution in [0, 0.1) is 0 Å². The molecule has 1 atom stereocenters. The maximum atomic E-state index is 12.5. The molecule has 3 aromatic rings. The highest BCUT2D eigenvalue weighted by Gasteiger charge is 2.22. The minimum atomic E-state index is -0.170. The summed E-state index contributed by atoms with van der Waals surface area (Å²) in [6.45, 7) is 2.70. The lowest BCUT2D eigenvalue weighted by Gasteiger charge is -2.18. The average Bonchev–Trinajstić information content (AvgIpc) is 3.42. The van der Waals surface area contributed by atoms with E-state index < -0.39 is 0 Å². The largest absolute Gasteiger partial charge is 0.462 e. The van der Waals surface area contributed by atoms with Crippen molar-refractivity contribution in [2.75, 3.05) is 11.4 Å². The van der Waals surface area contributed by atoms with Gasteiger partial charge in [-0.1, -0.05) is 12.1 Å². The van der Waals surface area contributed by atoms with Gasteiger partial charge in [-0.05, 0) is 43.2 Å². The summed E-state index contributed by atoms with van der Waals surface area (Å²) in [5, 5.41) is 3.67. The molecule has 2 aromatic heterocycles. The van der Waals surface area contributed by atoms with Gasteiger partial charge in [0.15, 0.2) is 10.8 Å². The summed E-state index contributed by atoms with van der Waals surface area (Å²) >= 11 is 1.29. The molecule has 3 heterocycles. The van der Waals surface area contributed by atoms with E-state index in [1.807, 2.05) is 37.3 Å². The molecule has 6 nitrogen and oxygen atoms in total. The minimum absolute atomic E-state index is 0.157. The summed E-state index contributed by atoms with van der Waals surface area (Å²) in [4.78, 5) is 30.9. The van der Waals surface area contributed by atoms with Crippen LogP contribution in [-0.4, -0.2) is 23.3 Å². The molecule has 27 heavy (non-hydrogen) atoms. The zero-order valence-electron chi connectivity index (χ0n) is 14.8. The molecule has 1 unspecified atom stereocenters. The number of nitrogens with one attached hydrogen (secondary N) is 1. The minimum Gasteiger partial charge on any atom is -0.462 e. The Morgan fingerprint density at radius 1 is 1.30 bits per heavy atom. The fourth-order valence-corrected chi connectivity index (χ4v) is 3.90. The standard InChI is InChI=1S/C20H19N3O3S/c1-13(14-6-8-15(9-7-14)23-10-2-5-18(23)24)22-19(25)17-12-21-20(27-17)16-4-3-11-26-16/h3-4,6-9,11-13H,2,5,10H2,1H3,(H,22,25). The number of hydrogen-bond acceptors (Lipinski definition) is 5. The molecule has 0 bridgehead atoms. The van der Waals surface area contributed by atoms with E-state index in [1.165, 1.54) is 11.3 Å². The van der Waals surface area contributed by atoms with Crippen LogP contribution in [-0.2, 0) is 4.79 Å². The lowest BCUT2D eigenvalue weighted by Crippen LogP contribution is -2.26. The van der Waals surface area contributed by atoms with E-state index in [0.29, 0.717) is 22.1 Å². The highest BCUT2D eigenvalue weighted by molar-refractivity contribution is 7.16. The first kappa shape index (κ1) is 17.5. The summed E-state index contributed by atoms with van der Waals surface area (Å²) in [6, 6.07) is 11.2. The van der Waals surface area contributed by atoms with Gasteiger partial charge in [0.05, 0.1) is 18.5 Å². The molecule has 1 aliphatic rings. The number of carbonyl (C=O) groups excluding carboxylic acids is 2. The van der Waals surface area contributed by atoms with Gasteiger partial charge in [-0.3, -0.25) is 9.59 Å². The van der Waals surface area contributed by atoms with Crippen LogP contribution >= 0.6 is 11.3 Å². The summed E-state index contributed by atoms with van der Waals surface area (Å²) in [6.07, 6.45) is 4.66. The average molecular weight is 381 g/mol. The molecular weight excluding hydrogens is 362 g/mol. The Kier molecular flexibility index (Phi) is 4.77. The first-order chi connectivity index (χ1) is 13.1. The number of thiazole rings is 1. The number of amides is 2. The Labute approximate surface area is 160 Å². The van der Waals surface area contributed by atoms with E-state index in [1.54, 1.807) is 23.4 Å². The molecule has 0 radical (unpaired) electrons. The molecule has 0 saturated carbocycles. The Morgan fingerprint density at radius 3 is 2.78 bits per heavy atom. The van der Waals surface area contributed by atoms with Crippen molar-refractivity contribution in [3.8, 4) is 10.8 Å². The van der Waals surface area contributed by atoms with Crippen molar-refractivity contribution in [1.29, 1.82) is 0 Å². The number of nitrogens with zero attached hydrogens (tertiary/aromatic N) is 2. The maximum Gasteiger partial charge on any atom is 0.263 e. The molecule has 1 aromatic carbocycles. The van der Waals surface area contributed by atoms with E-state index >= 15 is 0 Å². The van der Waals surface area contributed by atoms with Gasteiger partial charge in [0, 0.05) is 18.7 Å². The Morgan fingerprint density at radius 2 is 2.11 bits per heavy atom. The van der Waals surface area contributed by atoms with E-state index in [-0.39, 0.29) is 17.9 Å². The van der Waals surface area contributed by atoms with Gasteiger partial charge >= 0.3 is 0 Å². The molecule has 0 spiro atoms. The van der Waals surface area contributed by atoms with Crippen molar-refractivity contribution in [3.05, 3.63) is 59.3 Å². The lowest BCUT2D eigenvalue weighted by atomic mass is 10.1. The number of aromatic nitrogens is 1. The maximum absolute atomic E-state index is 12.5. The summed E-state index contributed by atoms with van der Waals surface area (Å²) in [7, 11) is 0. The van der Waals surface area contributed by atoms with E-state index in [4.69, 9.17) is 4.42 Å². The third kappa shape index (κ3) is 3.64. The number of hydrogen-bond donors (Lipinski definition) is 1. The Hall–Kier alpha value is -2.93. The first-order valence-corrected chi connectivity index (χ1v) is 9.64. The van der Waals surface area contributed by atoms with Crippen LogP contribution in [0.3, 0.4) is 0 Å². The first-order valence-electron chi connectivity index (χ1n) is 8.83. The fraction of sp³-hybridized carbons (Fsp3) is 0.250. The van der Waals surface area contributed by atoms with E-state index in [9.17, 15) is 9.59 Å². The predicted molar refractivity (Wildman–Crippen MR) is 104 cm³/mol. The number of anilines is 1. The molecule has 1 saturated heterocycles. The third-order valence-electron chi connectivity index (χ3n) is 4.59. The highest BCUT2D eigenvalue weighted by atomic mass is 32.1. The van der Waals surface area contributed by atoms with Gasteiger partial charge in [0.2, 0.25) is 5.91 Å². The molecule has 1 fully saturated rings. The monoisotopic (exact) mass is 381 g/mol. The number of benzene rings is 1. The quantitative estimate of drug-likeness (QED) is 0.724. The van der Waals surface area contributed by atoms with Crippen molar-refractivity contribution in [2.45, 2.75) is 25.8 Å². The summed E-state index contributed by atoms with van der Waals surface area (Å²) in [5.74, 6) is 0.650. The Balaban J connectivity index is 1.42. The summed E-state index contributed by atoms with van der Waals surface area (Å²) in [5.41, 5.74) is 1.89. The third-order valence-corrected chi connectivity index (χ3v) is 5.60. The fourth-order valence-electron chi connectivity index (χ4n) is 3.11. The van der Waals surface area contributed by atoms with Crippen molar-refractivity contribution in [3.63, 3.8) is 0 Å². The molecule has 2 amide bonds. The zero-order valence-corrected chi connectivity index (χ0v) is 15.7. The van der Waals surface area contributed by atoms with Gasteiger partial charge in [-0.25, -0.2) is 4.98 Å². The van der Waals surface area contributed by atoms with Crippen molar-refractivity contribution in [1.82, 2.24) is 10.3 Å². The predicted octanol–water partition coefficient (Wildman–Crippen LogP) is 4.02. The van der Waals surface area contributed by atoms with Crippen LogP contribution in [0.1, 0.15) is 41.0 Å². The van der Waals surface area contributed by atoms with Crippen LogP contribution in [0.15, 0.2) is 53.3 Å². The van der Waals surface area contributed by atoms with Crippen molar-refractivity contribution in [2.24, 2.45) is 0 Å². The molecular formula is C20H19N3O3S. The Bertz CT molecular complexity index is 947. The molecule has 1 aliphatic heterocycles. The van der Waals surface area contributed by atoms with Gasteiger partial charge in [-0.2, -0.15) is 0 Å². The van der Waals surface area contributed by atoms with Gasteiger partial charge < -0.3 is 14.6 Å². The molecule has 7 heteroatoms. The molecule has 138 valence electrons. The SMILES string of the molecule is CC(NC(=O)c1cnc(-c2ccco2)s1)c1ccc(N2CCCC2=O)cc1. The van der Waals surface area contributed by atoms with Crippen LogP contribution in [0.25, 0.3) is 10.8 Å². The van der Waals surface area contributed by atoms with Crippen LogP contribution in [0.2, 0.25) is 0 Å². The normalized spacial score (nSPS) is 15.1. The van der Waals surface area contributed by atoms with Crippen molar-refractivity contribution >= 4 is 28.8 Å². The van der Waals surface area contributed by atoms with Crippen LogP contribution < -0.4 is 10.2 Å². The summed E-state index contributed by atoms with van der Waals surface area (Å²) < 4.78 is 5.31.